The maximum Gasteiger partial charge on any atom is 0.132 e. The molecule has 1 N–H and O–H groups in total. The van der Waals surface area contributed by atoms with Gasteiger partial charge in [0.25, 0.3) is 0 Å². The fourth-order valence-electron chi connectivity index (χ4n) is 0.808. The minimum Gasteiger partial charge on any atom is -0.463 e. The van der Waals surface area contributed by atoms with Crippen LogP contribution in [0.4, 0.5) is 0 Å². The van der Waals surface area contributed by atoms with Crippen molar-refractivity contribution in [3.8, 4) is 0 Å². The molecule has 0 saturated heterocycles. The van der Waals surface area contributed by atoms with Crippen molar-refractivity contribution in [2.45, 2.75) is 26.9 Å². The number of hydrogen-bond donors (Lipinski definition) is 1. The quantitative estimate of drug-likeness (QED) is 0.646. The van der Waals surface area contributed by atoms with Crippen LogP contribution in [-0.4, -0.2) is 5.11 Å². The molecule has 0 saturated carbocycles. The van der Waals surface area contributed by atoms with Crippen molar-refractivity contribution in [1.29, 1.82) is 0 Å². The molecule has 0 aliphatic carbocycles. The van der Waals surface area contributed by atoms with E-state index in [1.165, 1.54) is 0 Å². The van der Waals surface area contributed by atoms with Crippen LogP contribution >= 0.6 is 0 Å². The molecule has 0 fully saturated rings. The zero-order valence-electron chi connectivity index (χ0n) is 6.51. The zero-order valence-corrected chi connectivity index (χ0v) is 6.51. The number of rotatable bonds is 1. The SMILES string of the molecule is Cc1cc([C@@H](C)O)oc1C. The van der Waals surface area contributed by atoms with Gasteiger partial charge in [0.15, 0.2) is 0 Å². The molecule has 0 aliphatic heterocycles. The van der Waals surface area contributed by atoms with Crippen LogP contribution in [0.5, 0.6) is 0 Å². The minimum atomic E-state index is -0.493. The predicted octanol–water partition coefficient (Wildman–Crippen LogP) is 1.95. The summed E-state index contributed by atoms with van der Waals surface area (Å²) >= 11 is 0. The molecule has 0 aliphatic rings. The van der Waals surface area contributed by atoms with E-state index < -0.39 is 6.10 Å². The number of aryl methyl sites for hydroxylation is 2. The first-order valence-electron chi connectivity index (χ1n) is 3.36. The summed E-state index contributed by atoms with van der Waals surface area (Å²) in [6.45, 7) is 5.55. The topological polar surface area (TPSA) is 33.4 Å². The summed E-state index contributed by atoms with van der Waals surface area (Å²) in [6, 6.07) is 1.86. The van der Waals surface area contributed by atoms with Crippen molar-refractivity contribution >= 4 is 0 Å². The predicted molar refractivity (Wildman–Crippen MR) is 38.8 cm³/mol. The van der Waals surface area contributed by atoms with E-state index in [-0.39, 0.29) is 0 Å². The molecule has 1 heterocycles. The van der Waals surface area contributed by atoms with E-state index in [0.717, 1.165) is 11.3 Å². The largest absolute Gasteiger partial charge is 0.463 e. The molecule has 1 atom stereocenters. The lowest BCUT2D eigenvalue weighted by molar-refractivity contribution is 0.168. The van der Waals surface area contributed by atoms with E-state index in [1.807, 2.05) is 19.9 Å². The van der Waals surface area contributed by atoms with Crippen molar-refractivity contribution in [3.63, 3.8) is 0 Å². The fraction of sp³-hybridized carbons (Fsp3) is 0.500. The monoisotopic (exact) mass is 140 g/mol. The van der Waals surface area contributed by atoms with Gasteiger partial charge in [-0.05, 0) is 32.4 Å². The molecule has 56 valence electrons. The summed E-state index contributed by atoms with van der Waals surface area (Å²) in [5.41, 5.74) is 1.09. The lowest BCUT2D eigenvalue weighted by atomic mass is 10.2. The normalized spacial score (nSPS) is 13.6. The fourth-order valence-corrected chi connectivity index (χ4v) is 0.808. The van der Waals surface area contributed by atoms with Crippen molar-refractivity contribution in [2.75, 3.05) is 0 Å². The maximum atomic E-state index is 9.07. The molecule has 10 heavy (non-hydrogen) atoms. The summed E-state index contributed by atoms with van der Waals surface area (Å²) in [4.78, 5) is 0. The Morgan fingerprint density at radius 3 is 2.30 bits per heavy atom. The van der Waals surface area contributed by atoms with Gasteiger partial charge in [-0.1, -0.05) is 0 Å². The van der Waals surface area contributed by atoms with Crippen LogP contribution in [0, 0.1) is 13.8 Å². The van der Waals surface area contributed by atoms with Crippen LogP contribution in [0.25, 0.3) is 0 Å². The Labute approximate surface area is 60.5 Å². The number of furan rings is 1. The van der Waals surface area contributed by atoms with E-state index in [0.29, 0.717) is 5.76 Å². The van der Waals surface area contributed by atoms with Gasteiger partial charge in [-0.15, -0.1) is 0 Å². The maximum absolute atomic E-state index is 9.07. The highest BCUT2D eigenvalue weighted by Gasteiger charge is 2.07. The molecular weight excluding hydrogens is 128 g/mol. The van der Waals surface area contributed by atoms with E-state index in [1.54, 1.807) is 6.92 Å². The molecule has 1 aromatic heterocycles. The van der Waals surface area contributed by atoms with Gasteiger partial charge in [-0.3, -0.25) is 0 Å². The Balaban J connectivity index is 2.98. The number of hydrogen-bond acceptors (Lipinski definition) is 2. The Morgan fingerprint density at radius 2 is 2.10 bits per heavy atom. The average molecular weight is 140 g/mol. The minimum absolute atomic E-state index is 0.493. The Bertz CT molecular complexity index is 204. The van der Waals surface area contributed by atoms with Gasteiger partial charge in [-0.2, -0.15) is 0 Å². The first-order valence-corrected chi connectivity index (χ1v) is 3.36. The van der Waals surface area contributed by atoms with Crippen molar-refractivity contribution in [2.24, 2.45) is 0 Å². The van der Waals surface area contributed by atoms with Gasteiger partial charge >= 0.3 is 0 Å². The second-order valence-corrected chi connectivity index (χ2v) is 2.56. The molecule has 0 bridgehead atoms. The van der Waals surface area contributed by atoms with E-state index >= 15 is 0 Å². The van der Waals surface area contributed by atoms with Crippen LogP contribution in [0.15, 0.2) is 10.5 Å². The summed E-state index contributed by atoms with van der Waals surface area (Å²) in [5.74, 6) is 1.53. The molecule has 0 spiro atoms. The molecule has 0 radical (unpaired) electrons. The van der Waals surface area contributed by atoms with Crippen molar-refractivity contribution in [3.05, 3.63) is 23.2 Å². The van der Waals surface area contributed by atoms with Gasteiger partial charge < -0.3 is 9.52 Å². The molecule has 1 rings (SSSR count). The second-order valence-electron chi connectivity index (χ2n) is 2.56. The van der Waals surface area contributed by atoms with Crippen LogP contribution in [0.2, 0.25) is 0 Å². The lowest BCUT2D eigenvalue weighted by Gasteiger charge is -1.95. The van der Waals surface area contributed by atoms with Crippen molar-refractivity contribution < 1.29 is 9.52 Å². The van der Waals surface area contributed by atoms with Crippen molar-refractivity contribution in [1.82, 2.24) is 0 Å². The van der Waals surface area contributed by atoms with E-state index in [4.69, 9.17) is 9.52 Å². The third-order valence-electron chi connectivity index (χ3n) is 1.60. The second kappa shape index (κ2) is 2.46. The molecule has 0 aromatic carbocycles. The standard InChI is InChI=1S/C8H12O2/c1-5-4-8(6(2)9)10-7(5)3/h4,6,9H,1-3H3/t6-/m1/s1. The molecule has 1 aromatic rings. The molecule has 0 unspecified atom stereocenters. The molecule has 2 nitrogen and oxygen atoms in total. The highest BCUT2D eigenvalue weighted by Crippen LogP contribution is 2.18. The Morgan fingerprint density at radius 1 is 1.50 bits per heavy atom. The third-order valence-corrected chi connectivity index (χ3v) is 1.60. The summed E-state index contributed by atoms with van der Waals surface area (Å²) in [6.07, 6.45) is -0.493. The first-order chi connectivity index (χ1) is 4.61. The summed E-state index contributed by atoms with van der Waals surface area (Å²) < 4.78 is 5.23. The summed E-state index contributed by atoms with van der Waals surface area (Å²) in [7, 11) is 0. The molecule has 0 amide bonds. The van der Waals surface area contributed by atoms with E-state index in [9.17, 15) is 0 Å². The highest BCUT2D eigenvalue weighted by molar-refractivity contribution is 5.19. The number of aliphatic hydroxyl groups is 1. The third kappa shape index (κ3) is 1.21. The number of aliphatic hydroxyl groups excluding tert-OH is 1. The lowest BCUT2D eigenvalue weighted by Crippen LogP contribution is -1.85. The van der Waals surface area contributed by atoms with Gasteiger partial charge in [-0.25, -0.2) is 0 Å². The van der Waals surface area contributed by atoms with Gasteiger partial charge in [0.05, 0.1) is 0 Å². The Hall–Kier alpha value is -0.760. The van der Waals surface area contributed by atoms with Crippen LogP contribution in [-0.2, 0) is 0 Å². The highest BCUT2D eigenvalue weighted by atomic mass is 16.4. The molecule has 2 heteroatoms. The van der Waals surface area contributed by atoms with Gasteiger partial charge in [0, 0.05) is 0 Å². The van der Waals surface area contributed by atoms with Crippen LogP contribution in [0.3, 0.4) is 0 Å². The molecular formula is C8H12O2. The van der Waals surface area contributed by atoms with Crippen LogP contribution < -0.4 is 0 Å². The Kier molecular flexibility index (Phi) is 1.81. The zero-order chi connectivity index (χ0) is 7.72. The van der Waals surface area contributed by atoms with Crippen LogP contribution in [0.1, 0.15) is 30.1 Å². The van der Waals surface area contributed by atoms with Gasteiger partial charge in [0.2, 0.25) is 0 Å². The van der Waals surface area contributed by atoms with Gasteiger partial charge in [0.1, 0.15) is 17.6 Å². The summed E-state index contributed by atoms with van der Waals surface area (Å²) in [5, 5.41) is 9.07. The average Bonchev–Trinajstić information content (AvgIpc) is 2.13. The smallest absolute Gasteiger partial charge is 0.132 e. The van der Waals surface area contributed by atoms with E-state index in [2.05, 4.69) is 0 Å². The first kappa shape index (κ1) is 7.35.